The minimum atomic E-state index is -0.0431. The number of hydrogen-bond donors (Lipinski definition) is 1. The van der Waals surface area contributed by atoms with E-state index in [1.807, 2.05) is 54.4 Å². The molecule has 0 bridgehead atoms. The standard InChI is InChI=1S/C20H23BrN6O/c1-15-23-18-6-3-7-22-19(18)27(15)13-10-25-8-11-26(12-9-25)20(28)24-17-5-2-4-16(21)14-17/h2-7,14H,8-13H2,1H3,(H,24,28). The van der Waals surface area contributed by atoms with Gasteiger partial charge >= 0.3 is 6.03 Å². The van der Waals surface area contributed by atoms with Gasteiger partial charge < -0.3 is 14.8 Å². The van der Waals surface area contributed by atoms with Crippen molar-refractivity contribution in [3.8, 4) is 0 Å². The van der Waals surface area contributed by atoms with Crippen LogP contribution in [0.2, 0.25) is 0 Å². The molecule has 1 saturated heterocycles. The Bertz CT molecular complexity index is 980. The second kappa shape index (κ2) is 8.28. The van der Waals surface area contributed by atoms with E-state index in [9.17, 15) is 4.79 Å². The first-order valence-corrected chi connectivity index (χ1v) is 10.2. The van der Waals surface area contributed by atoms with Crippen molar-refractivity contribution in [3.63, 3.8) is 0 Å². The van der Waals surface area contributed by atoms with Gasteiger partial charge in [-0.1, -0.05) is 22.0 Å². The van der Waals surface area contributed by atoms with Crippen molar-refractivity contribution >= 4 is 38.8 Å². The molecule has 146 valence electrons. The third-order valence-corrected chi connectivity index (χ3v) is 5.56. The smallest absolute Gasteiger partial charge is 0.321 e. The maximum atomic E-state index is 12.5. The molecule has 1 aliphatic heterocycles. The summed E-state index contributed by atoms with van der Waals surface area (Å²) in [7, 11) is 0. The van der Waals surface area contributed by atoms with Crippen LogP contribution >= 0.6 is 15.9 Å². The van der Waals surface area contributed by atoms with E-state index in [2.05, 4.69) is 40.7 Å². The van der Waals surface area contributed by atoms with Gasteiger partial charge in [0, 0.05) is 55.6 Å². The minimum Gasteiger partial charge on any atom is -0.322 e. The largest absolute Gasteiger partial charge is 0.322 e. The van der Waals surface area contributed by atoms with Crippen LogP contribution in [0.25, 0.3) is 11.2 Å². The summed E-state index contributed by atoms with van der Waals surface area (Å²) in [5.74, 6) is 0.987. The van der Waals surface area contributed by atoms with Crippen LogP contribution in [-0.4, -0.2) is 63.1 Å². The predicted molar refractivity (Wildman–Crippen MR) is 113 cm³/mol. The summed E-state index contributed by atoms with van der Waals surface area (Å²) < 4.78 is 3.12. The summed E-state index contributed by atoms with van der Waals surface area (Å²) >= 11 is 3.43. The highest BCUT2D eigenvalue weighted by Crippen LogP contribution is 2.17. The summed E-state index contributed by atoms with van der Waals surface area (Å²) in [4.78, 5) is 25.8. The summed E-state index contributed by atoms with van der Waals surface area (Å²) in [6, 6.07) is 11.5. The van der Waals surface area contributed by atoms with Gasteiger partial charge in [0.2, 0.25) is 0 Å². The number of nitrogens with zero attached hydrogens (tertiary/aromatic N) is 5. The van der Waals surface area contributed by atoms with E-state index in [0.717, 1.165) is 66.4 Å². The Morgan fingerprint density at radius 1 is 1.14 bits per heavy atom. The zero-order valence-electron chi connectivity index (χ0n) is 15.8. The molecule has 0 spiro atoms. The molecule has 28 heavy (non-hydrogen) atoms. The number of nitrogens with one attached hydrogen (secondary N) is 1. The van der Waals surface area contributed by atoms with E-state index in [-0.39, 0.29) is 6.03 Å². The van der Waals surface area contributed by atoms with Crippen molar-refractivity contribution in [2.75, 3.05) is 38.0 Å². The lowest BCUT2D eigenvalue weighted by atomic mass is 10.3. The molecule has 0 saturated carbocycles. The maximum absolute atomic E-state index is 12.5. The van der Waals surface area contributed by atoms with Crippen molar-refractivity contribution in [1.82, 2.24) is 24.3 Å². The number of imidazole rings is 1. The number of rotatable bonds is 4. The van der Waals surface area contributed by atoms with Gasteiger partial charge in [-0.3, -0.25) is 4.90 Å². The Morgan fingerprint density at radius 3 is 2.75 bits per heavy atom. The third-order valence-electron chi connectivity index (χ3n) is 5.07. The van der Waals surface area contributed by atoms with Crippen molar-refractivity contribution in [2.24, 2.45) is 0 Å². The van der Waals surface area contributed by atoms with Crippen LogP contribution in [-0.2, 0) is 6.54 Å². The highest BCUT2D eigenvalue weighted by molar-refractivity contribution is 9.10. The molecule has 0 atom stereocenters. The molecular weight excluding hydrogens is 420 g/mol. The van der Waals surface area contributed by atoms with E-state index < -0.39 is 0 Å². The fraction of sp³-hybridized carbons (Fsp3) is 0.350. The van der Waals surface area contributed by atoms with Gasteiger partial charge in [0.1, 0.15) is 11.3 Å². The summed E-state index contributed by atoms with van der Waals surface area (Å²) in [6.45, 7) is 6.97. The van der Waals surface area contributed by atoms with E-state index >= 15 is 0 Å². The number of carbonyl (C=O) groups excluding carboxylic acids is 1. The number of carbonyl (C=O) groups is 1. The van der Waals surface area contributed by atoms with Gasteiger partial charge in [-0.25, -0.2) is 14.8 Å². The van der Waals surface area contributed by atoms with Gasteiger partial charge in [0.15, 0.2) is 5.65 Å². The number of aryl methyl sites for hydroxylation is 1. The van der Waals surface area contributed by atoms with E-state index in [0.29, 0.717) is 0 Å². The first-order valence-electron chi connectivity index (χ1n) is 9.42. The molecule has 1 fully saturated rings. The molecule has 1 aromatic carbocycles. The number of benzene rings is 1. The Hall–Kier alpha value is -2.45. The molecule has 7 nitrogen and oxygen atoms in total. The summed E-state index contributed by atoms with van der Waals surface area (Å²) in [5, 5.41) is 2.97. The molecular formula is C20H23BrN6O. The normalized spacial score (nSPS) is 15.1. The van der Waals surface area contributed by atoms with Crippen LogP contribution in [0.1, 0.15) is 5.82 Å². The molecule has 2 aromatic heterocycles. The summed E-state index contributed by atoms with van der Waals surface area (Å²) in [5.41, 5.74) is 2.68. The number of urea groups is 1. The summed E-state index contributed by atoms with van der Waals surface area (Å²) in [6.07, 6.45) is 1.81. The van der Waals surface area contributed by atoms with E-state index in [4.69, 9.17) is 0 Å². The van der Waals surface area contributed by atoms with Crippen molar-refractivity contribution in [3.05, 3.63) is 52.9 Å². The molecule has 4 rings (SSSR count). The number of hydrogen-bond acceptors (Lipinski definition) is 4. The second-order valence-electron chi connectivity index (χ2n) is 6.93. The van der Waals surface area contributed by atoms with Crippen LogP contribution in [0.15, 0.2) is 47.1 Å². The maximum Gasteiger partial charge on any atom is 0.321 e. The van der Waals surface area contributed by atoms with Crippen LogP contribution in [0.5, 0.6) is 0 Å². The molecule has 1 N–H and O–H groups in total. The van der Waals surface area contributed by atoms with Gasteiger partial charge in [0.25, 0.3) is 0 Å². The average Bonchev–Trinajstić information content (AvgIpc) is 3.02. The van der Waals surface area contributed by atoms with E-state index in [1.165, 1.54) is 0 Å². The topological polar surface area (TPSA) is 66.3 Å². The third kappa shape index (κ3) is 4.18. The first-order chi connectivity index (χ1) is 13.6. The number of aromatic nitrogens is 3. The van der Waals surface area contributed by atoms with E-state index in [1.54, 1.807) is 0 Å². The molecule has 0 radical (unpaired) electrons. The minimum absolute atomic E-state index is 0.0431. The average molecular weight is 443 g/mol. The number of amides is 2. The molecule has 1 aliphatic rings. The zero-order chi connectivity index (χ0) is 19.5. The molecule has 3 aromatic rings. The highest BCUT2D eigenvalue weighted by atomic mass is 79.9. The predicted octanol–water partition coefficient (Wildman–Crippen LogP) is 3.35. The Labute approximate surface area is 172 Å². The van der Waals surface area contributed by atoms with Crippen LogP contribution in [0.4, 0.5) is 10.5 Å². The number of fused-ring (bicyclic) bond motifs is 1. The van der Waals surface area contributed by atoms with Gasteiger partial charge in [-0.2, -0.15) is 0 Å². The lowest BCUT2D eigenvalue weighted by molar-refractivity contribution is 0.144. The van der Waals surface area contributed by atoms with Crippen LogP contribution in [0.3, 0.4) is 0 Å². The van der Waals surface area contributed by atoms with Gasteiger partial charge in [-0.05, 0) is 37.3 Å². The highest BCUT2D eigenvalue weighted by Gasteiger charge is 2.21. The SMILES string of the molecule is Cc1nc2cccnc2n1CCN1CCN(C(=O)Nc2cccc(Br)c2)CC1. The molecule has 8 heteroatoms. The Kier molecular flexibility index (Phi) is 5.59. The lowest BCUT2D eigenvalue weighted by Gasteiger charge is -2.34. The number of piperazine rings is 1. The zero-order valence-corrected chi connectivity index (χ0v) is 17.4. The van der Waals surface area contributed by atoms with Gasteiger partial charge in [0.05, 0.1) is 0 Å². The molecule has 3 heterocycles. The van der Waals surface area contributed by atoms with Gasteiger partial charge in [-0.15, -0.1) is 0 Å². The first kappa shape index (κ1) is 18.9. The monoisotopic (exact) mass is 442 g/mol. The van der Waals surface area contributed by atoms with Crippen LogP contribution < -0.4 is 5.32 Å². The lowest BCUT2D eigenvalue weighted by Crippen LogP contribution is -2.50. The second-order valence-corrected chi connectivity index (χ2v) is 7.84. The quantitative estimate of drug-likeness (QED) is 0.672. The number of pyridine rings is 1. The van der Waals surface area contributed by atoms with Crippen molar-refractivity contribution < 1.29 is 4.79 Å². The van der Waals surface area contributed by atoms with Crippen molar-refractivity contribution in [1.29, 1.82) is 0 Å². The number of halogens is 1. The fourth-order valence-electron chi connectivity index (χ4n) is 3.52. The van der Waals surface area contributed by atoms with Crippen molar-refractivity contribution in [2.45, 2.75) is 13.5 Å². The molecule has 0 unspecified atom stereocenters. The fourth-order valence-corrected chi connectivity index (χ4v) is 3.92. The number of anilines is 1. The Balaban J connectivity index is 1.29. The Morgan fingerprint density at radius 2 is 1.96 bits per heavy atom. The molecule has 2 amide bonds. The molecule has 0 aliphatic carbocycles. The van der Waals surface area contributed by atoms with Crippen LogP contribution in [0, 0.1) is 6.92 Å².